The third kappa shape index (κ3) is 6.00. The summed E-state index contributed by atoms with van der Waals surface area (Å²) in [6, 6.07) is 6.40. The number of rotatable bonds is 4. The number of amides is 2. The number of hydrogen-bond donors (Lipinski definition) is 2. The summed E-state index contributed by atoms with van der Waals surface area (Å²) >= 11 is 5.59. The third-order valence-corrected chi connectivity index (χ3v) is 5.04. The summed E-state index contributed by atoms with van der Waals surface area (Å²) in [6.07, 6.45) is 0.0942. The first kappa shape index (κ1) is 21.2. The Kier molecular flexibility index (Phi) is 6.52. The fourth-order valence-corrected chi connectivity index (χ4v) is 3.42. The first-order valence-electron chi connectivity index (χ1n) is 9.24. The molecule has 0 saturated heterocycles. The Morgan fingerprint density at radius 3 is 2.52 bits per heavy atom. The van der Waals surface area contributed by atoms with Crippen LogP contribution >= 0.6 is 11.6 Å². The maximum Gasteiger partial charge on any atom is 0.417 e. The number of hydrogen-bond acceptors (Lipinski definition) is 3. The number of pyridine rings is 1. The Balaban J connectivity index is 1.48. The molecule has 2 N–H and O–H groups in total. The molecular formula is C20H21ClF3N3O2. The second-order valence-corrected chi connectivity index (χ2v) is 7.46. The highest BCUT2D eigenvalue weighted by Gasteiger charge is 2.33. The Hall–Kier alpha value is -2.48. The fraction of sp³-hybridized carbons (Fsp3) is 0.400. The third-order valence-electron chi connectivity index (χ3n) is 4.71. The summed E-state index contributed by atoms with van der Waals surface area (Å²) in [5.41, 5.74) is 0.0975. The van der Waals surface area contributed by atoms with Gasteiger partial charge in [0.1, 0.15) is 6.10 Å². The average Bonchev–Trinajstić information content (AvgIpc) is 2.66. The lowest BCUT2D eigenvalue weighted by Crippen LogP contribution is -2.41. The molecule has 3 rings (SSSR count). The van der Waals surface area contributed by atoms with Crippen molar-refractivity contribution >= 4 is 23.3 Å². The first-order valence-corrected chi connectivity index (χ1v) is 9.62. The predicted octanol–water partition coefficient (Wildman–Crippen LogP) is 5.57. The summed E-state index contributed by atoms with van der Waals surface area (Å²) < 4.78 is 44.6. The van der Waals surface area contributed by atoms with E-state index < -0.39 is 22.8 Å². The molecule has 9 heteroatoms. The smallest absolute Gasteiger partial charge is 0.417 e. The van der Waals surface area contributed by atoms with Crippen LogP contribution in [0.3, 0.4) is 0 Å². The quantitative estimate of drug-likeness (QED) is 0.670. The summed E-state index contributed by atoms with van der Waals surface area (Å²) in [5.74, 6) is 0.577. The second kappa shape index (κ2) is 8.90. The van der Waals surface area contributed by atoms with Gasteiger partial charge in [0, 0.05) is 24.0 Å². The van der Waals surface area contributed by atoms with Gasteiger partial charge in [0.05, 0.1) is 10.6 Å². The van der Waals surface area contributed by atoms with Gasteiger partial charge in [0.15, 0.2) is 0 Å². The van der Waals surface area contributed by atoms with Gasteiger partial charge in [-0.3, -0.25) is 0 Å². The van der Waals surface area contributed by atoms with Crippen molar-refractivity contribution in [2.24, 2.45) is 0 Å². The highest BCUT2D eigenvalue weighted by atomic mass is 35.5. The number of aryl methyl sites for hydroxylation is 1. The van der Waals surface area contributed by atoms with Gasteiger partial charge in [-0.2, -0.15) is 13.2 Å². The molecule has 0 spiro atoms. The van der Waals surface area contributed by atoms with Crippen molar-refractivity contribution in [3.8, 4) is 5.88 Å². The summed E-state index contributed by atoms with van der Waals surface area (Å²) in [7, 11) is 0. The molecule has 1 heterocycles. The van der Waals surface area contributed by atoms with E-state index >= 15 is 0 Å². The summed E-state index contributed by atoms with van der Waals surface area (Å²) in [5, 5.41) is 4.82. The van der Waals surface area contributed by atoms with E-state index in [1.807, 2.05) is 19.1 Å². The zero-order valence-corrected chi connectivity index (χ0v) is 16.5. The van der Waals surface area contributed by atoms with Gasteiger partial charge in [-0.05, 0) is 56.4 Å². The van der Waals surface area contributed by atoms with Crippen molar-refractivity contribution in [1.29, 1.82) is 0 Å². The molecule has 1 aliphatic rings. The molecule has 1 saturated carbocycles. The van der Waals surface area contributed by atoms with Crippen molar-refractivity contribution in [3.05, 3.63) is 52.7 Å². The van der Waals surface area contributed by atoms with Crippen molar-refractivity contribution < 1.29 is 22.7 Å². The minimum atomic E-state index is -4.59. The highest BCUT2D eigenvalue weighted by molar-refractivity contribution is 6.31. The van der Waals surface area contributed by atoms with Gasteiger partial charge in [-0.15, -0.1) is 0 Å². The van der Waals surface area contributed by atoms with E-state index in [0.29, 0.717) is 18.7 Å². The van der Waals surface area contributed by atoms with Crippen LogP contribution in [0, 0.1) is 6.92 Å². The lowest BCUT2D eigenvalue weighted by molar-refractivity contribution is -0.137. The number of nitrogens with one attached hydrogen (secondary N) is 2. The molecule has 156 valence electrons. The highest BCUT2D eigenvalue weighted by Crippen LogP contribution is 2.36. The molecule has 0 aliphatic heterocycles. The molecule has 1 aromatic carbocycles. The lowest BCUT2D eigenvalue weighted by Gasteiger charge is -2.29. The van der Waals surface area contributed by atoms with Gasteiger partial charge in [0.25, 0.3) is 0 Å². The molecule has 0 atom stereocenters. The number of carbonyl (C=O) groups is 1. The maximum absolute atomic E-state index is 12.9. The van der Waals surface area contributed by atoms with E-state index in [1.165, 1.54) is 6.07 Å². The van der Waals surface area contributed by atoms with Crippen LogP contribution in [0.4, 0.5) is 23.7 Å². The number of alkyl halides is 3. The Morgan fingerprint density at radius 1 is 1.17 bits per heavy atom. The standard InChI is InChI=1S/C20H21ClF3N3O2/c1-12-2-9-18(25-11-12)29-15-6-3-13(4-7-15)26-19(28)27-14-5-8-17(21)16(10-14)20(22,23)24/h2,5,8-11,13,15H,3-4,6-7H2,1H3,(H2,26,27,28)/t13-,15-. The Bertz CT molecular complexity index is 851. The van der Waals surface area contributed by atoms with Crippen LogP contribution in [0.1, 0.15) is 36.8 Å². The fourth-order valence-electron chi connectivity index (χ4n) is 3.19. The van der Waals surface area contributed by atoms with Crippen LogP contribution in [-0.2, 0) is 6.18 Å². The minimum Gasteiger partial charge on any atom is -0.474 e. The van der Waals surface area contributed by atoms with E-state index in [4.69, 9.17) is 16.3 Å². The van der Waals surface area contributed by atoms with E-state index in [1.54, 1.807) is 6.20 Å². The average molecular weight is 428 g/mol. The molecule has 2 amide bonds. The summed E-state index contributed by atoms with van der Waals surface area (Å²) in [4.78, 5) is 16.4. The lowest BCUT2D eigenvalue weighted by atomic mass is 9.93. The molecular weight excluding hydrogens is 407 g/mol. The van der Waals surface area contributed by atoms with Crippen LogP contribution in [0.5, 0.6) is 5.88 Å². The molecule has 5 nitrogen and oxygen atoms in total. The number of benzene rings is 1. The molecule has 29 heavy (non-hydrogen) atoms. The number of aromatic nitrogens is 1. The largest absolute Gasteiger partial charge is 0.474 e. The first-order chi connectivity index (χ1) is 13.7. The van der Waals surface area contributed by atoms with Gasteiger partial charge in [-0.25, -0.2) is 9.78 Å². The summed E-state index contributed by atoms with van der Waals surface area (Å²) in [6.45, 7) is 1.95. The molecule has 1 aromatic heterocycles. The number of ether oxygens (including phenoxy) is 1. The van der Waals surface area contributed by atoms with Gasteiger partial charge in [0.2, 0.25) is 5.88 Å². The van der Waals surface area contributed by atoms with E-state index in [0.717, 1.165) is 30.5 Å². The number of halogens is 4. The molecule has 2 aromatic rings. The predicted molar refractivity (Wildman–Crippen MR) is 104 cm³/mol. The number of urea groups is 1. The van der Waals surface area contributed by atoms with Crippen LogP contribution < -0.4 is 15.4 Å². The van der Waals surface area contributed by atoms with Crippen molar-refractivity contribution in [2.45, 2.75) is 50.9 Å². The number of anilines is 1. The van der Waals surface area contributed by atoms with Gasteiger partial charge in [-0.1, -0.05) is 17.7 Å². The molecule has 0 unspecified atom stereocenters. The number of carbonyl (C=O) groups excluding carboxylic acids is 1. The van der Waals surface area contributed by atoms with Crippen molar-refractivity contribution in [3.63, 3.8) is 0 Å². The van der Waals surface area contributed by atoms with Gasteiger partial charge < -0.3 is 15.4 Å². The second-order valence-electron chi connectivity index (χ2n) is 7.06. The molecule has 0 radical (unpaired) electrons. The SMILES string of the molecule is Cc1ccc(O[C@H]2CC[C@H](NC(=O)Nc3ccc(Cl)c(C(F)(F)F)c3)CC2)nc1. The van der Waals surface area contributed by atoms with Crippen molar-refractivity contribution in [1.82, 2.24) is 10.3 Å². The molecule has 1 fully saturated rings. The topological polar surface area (TPSA) is 63.2 Å². The Labute approximate surface area is 171 Å². The minimum absolute atomic E-state index is 0.0249. The maximum atomic E-state index is 12.9. The van der Waals surface area contributed by atoms with Crippen LogP contribution in [0.15, 0.2) is 36.5 Å². The monoisotopic (exact) mass is 427 g/mol. The Morgan fingerprint density at radius 2 is 1.90 bits per heavy atom. The van der Waals surface area contributed by atoms with Gasteiger partial charge >= 0.3 is 12.2 Å². The molecule has 0 bridgehead atoms. The number of nitrogens with zero attached hydrogens (tertiary/aromatic N) is 1. The zero-order chi connectivity index (χ0) is 21.0. The van der Waals surface area contributed by atoms with E-state index in [9.17, 15) is 18.0 Å². The van der Waals surface area contributed by atoms with E-state index in [-0.39, 0.29) is 17.8 Å². The van der Waals surface area contributed by atoms with Crippen LogP contribution in [0.25, 0.3) is 0 Å². The van der Waals surface area contributed by atoms with Crippen LogP contribution in [-0.4, -0.2) is 23.2 Å². The van der Waals surface area contributed by atoms with Crippen molar-refractivity contribution in [2.75, 3.05) is 5.32 Å². The zero-order valence-electron chi connectivity index (χ0n) is 15.7. The normalized spacial score (nSPS) is 19.5. The van der Waals surface area contributed by atoms with E-state index in [2.05, 4.69) is 15.6 Å². The molecule has 1 aliphatic carbocycles. The van der Waals surface area contributed by atoms with Crippen LogP contribution in [0.2, 0.25) is 5.02 Å².